The minimum absolute atomic E-state index is 0.335. The maximum Gasteiger partial charge on any atom is 0.298 e. The number of benzene rings is 1. The molecule has 0 fully saturated rings. The predicted molar refractivity (Wildman–Crippen MR) is 73.0 cm³/mol. The van der Waals surface area contributed by atoms with E-state index in [0.29, 0.717) is 18.7 Å². The average molecular weight is 296 g/mol. The SMILES string of the molecule is CCn1cc(C(C)Nc2c(F)cc(F)cc2[N+](=O)[O-])cn1. The summed E-state index contributed by atoms with van der Waals surface area (Å²) in [4.78, 5) is 10.1. The van der Waals surface area contributed by atoms with Crippen LogP contribution in [0.2, 0.25) is 0 Å². The highest BCUT2D eigenvalue weighted by atomic mass is 19.1. The Morgan fingerprint density at radius 2 is 2.19 bits per heavy atom. The van der Waals surface area contributed by atoms with E-state index in [4.69, 9.17) is 0 Å². The molecule has 1 unspecified atom stereocenters. The summed E-state index contributed by atoms with van der Waals surface area (Å²) in [7, 11) is 0. The maximum absolute atomic E-state index is 13.8. The third-order valence-corrected chi connectivity index (χ3v) is 3.07. The molecule has 0 saturated heterocycles. The molecule has 2 rings (SSSR count). The largest absolute Gasteiger partial charge is 0.370 e. The van der Waals surface area contributed by atoms with E-state index in [-0.39, 0.29) is 5.69 Å². The van der Waals surface area contributed by atoms with Gasteiger partial charge in [-0.1, -0.05) is 0 Å². The van der Waals surface area contributed by atoms with Gasteiger partial charge in [0.25, 0.3) is 5.69 Å². The number of hydrogen-bond acceptors (Lipinski definition) is 4. The predicted octanol–water partition coefficient (Wildman–Crippen LogP) is 3.26. The summed E-state index contributed by atoms with van der Waals surface area (Å²) in [5.41, 5.74) is -0.227. The molecule has 21 heavy (non-hydrogen) atoms. The zero-order valence-electron chi connectivity index (χ0n) is 11.5. The molecular weight excluding hydrogens is 282 g/mol. The number of aryl methyl sites for hydroxylation is 1. The molecule has 0 aliphatic carbocycles. The van der Waals surface area contributed by atoms with Gasteiger partial charge in [0.1, 0.15) is 11.5 Å². The zero-order valence-corrected chi connectivity index (χ0v) is 11.5. The quantitative estimate of drug-likeness (QED) is 0.679. The second-order valence-corrected chi connectivity index (χ2v) is 4.53. The smallest absolute Gasteiger partial charge is 0.298 e. The van der Waals surface area contributed by atoms with Crippen LogP contribution < -0.4 is 5.32 Å². The van der Waals surface area contributed by atoms with Crippen molar-refractivity contribution in [3.63, 3.8) is 0 Å². The summed E-state index contributed by atoms with van der Waals surface area (Å²) >= 11 is 0. The third-order valence-electron chi connectivity index (χ3n) is 3.07. The lowest BCUT2D eigenvalue weighted by atomic mass is 10.1. The Morgan fingerprint density at radius 1 is 1.48 bits per heavy atom. The van der Waals surface area contributed by atoms with E-state index in [1.165, 1.54) is 0 Å². The van der Waals surface area contributed by atoms with Gasteiger partial charge in [-0.3, -0.25) is 14.8 Å². The Balaban J connectivity index is 2.32. The van der Waals surface area contributed by atoms with E-state index < -0.39 is 28.3 Å². The average Bonchev–Trinajstić information content (AvgIpc) is 2.90. The first-order valence-electron chi connectivity index (χ1n) is 6.34. The molecule has 0 aliphatic heterocycles. The number of halogens is 2. The first kappa shape index (κ1) is 14.9. The molecule has 1 aromatic carbocycles. The van der Waals surface area contributed by atoms with Crippen LogP contribution in [-0.2, 0) is 6.54 Å². The standard InChI is InChI=1S/C13H14F2N4O2/c1-3-18-7-9(6-16-18)8(2)17-13-11(15)4-10(14)5-12(13)19(20)21/h4-8,17H,3H2,1-2H3. The molecule has 6 nitrogen and oxygen atoms in total. The van der Waals surface area contributed by atoms with E-state index in [0.717, 1.165) is 5.56 Å². The highest BCUT2D eigenvalue weighted by molar-refractivity contribution is 5.63. The highest BCUT2D eigenvalue weighted by Crippen LogP contribution is 2.31. The lowest BCUT2D eigenvalue weighted by molar-refractivity contribution is -0.384. The van der Waals surface area contributed by atoms with Crippen molar-refractivity contribution in [3.05, 3.63) is 51.8 Å². The van der Waals surface area contributed by atoms with Crippen LogP contribution in [-0.4, -0.2) is 14.7 Å². The van der Waals surface area contributed by atoms with Gasteiger partial charge in [0, 0.05) is 24.4 Å². The number of nitrogens with zero attached hydrogens (tertiary/aromatic N) is 3. The molecule has 0 bridgehead atoms. The van der Waals surface area contributed by atoms with Crippen molar-refractivity contribution in [2.24, 2.45) is 0 Å². The molecule has 8 heteroatoms. The molecule has 1 N–H and O–H groups in total. The van der Waals surface area contributed by atoms with Crippen LogP contribution in [0.3, 0.4) is 0 Å². The fraction of sp³-hybridized carbons (Fsp3) is 0.308. The molecule has 0 radical (unpaired) electrons. The molecule has 112 valence electrons. The molecule has 2 aromatic rings. The van der Waals surface area contributed by atoms with E-state index in [1.54, 1.807) is 24.0 Å². The van der Waals surface area contributed by atoms with E-state index in [1.807, 2.05) is 6.92 Å². The molecule has 0 spiro atoms. The molecular formula is C13H14F2N4O2. The summed E-state index contributed by atoms with van der Waals surface area (Å²) in [6, 6.07) is 0.884. The number of nitrogens with one attached hydrogen (secondary N) is 1. The Bertz CT molecular complexity index is 672. The molecule has 1 atom stereocenters. The number of aromatic nitrogens is 2. The topological polar surface area (TPSA) is 73.0 Å². The van der Waals surface area contributed by atoms with E-state index in [2.05, 4.69) is 10.4 Å². The van der Waals surface area contributed by atoms with Crippen molar-refractivity contribution in [1.29, 1.82) is 0 Å². The van der Waals surface area contributed by atoms with Crippen molar-refractivity contribution in [3.8, 4) is 0 Å². The first-order valence-corrected chi connectivity index (χ1v) is 6.34. The van der Waals surface area contributed by atoms with Gasteiger partial charge in [0.2, 0.25) is 0 Å². The number of hydrogen-bond donors (Lipinski definition) is 1. The van der Waals surface area contributed by atoms with Gasteiger partial charge in [0.05, 0.1) is 23.2 Å². The van der Waals surface area contributed by atoms with Crippen LogP contribution in [0.5, 0.6) is 0 Å². The van der Waals surface area contributed by atoms with E-state index in [9.17, 15) is 18.9 Å². The summed E-state index contributed by atoms with van der Waals surface area (Å²) < 4.78 is 28.6. The number of nitro benzene ring substituents is 1. The minimum atomic E-state index is -1.00. The zero-order chi connectivity index (χ0) is 15.6. The van der Waals surface area contributed by atoms with E-state index >= 15 is 0 Å². The van der Waals surface area contributed by atoms with Crippen LogP contribution in [0.4, 0.5) is 20.2 Å². The van der Waals surface area contributed by atoms with Crippen molar-refractivity contribution in [2.45, 2.75) is 26.4 Å². The van der Waals surface area contributed by atoms with Crippen molar-refractivity contribution in [1.82, 2.24) is 9.78 Å². The number of nitro groups is 1. The summed E-state index contributed by atoms with van der Waals surface area (Å²) in [6.07, 6.45) is 3.35. The highest BCUT2D eigenvalue weighted by Gasteiger charge is 2.22. The Labute approximate surface area is 119 Å². The second kappa shape index (κ2) is 5.86. The lowest BCUT2D eigenvalue weighted by Gasteiger charge is -2.14. The van der Waals surface area contributed by atoms with Crippen molar-refractivity contribution in [2.75, 3.05) is 5.32 Å². The van der Waals surface area contributed by atoms with Gasteiger partial charge in [-0.2, -0.15) is 5.10 Å². The Hall–Kier alpha value is -2.51. The second-order valence-electron chi connectivity index (χ2n) is 4.53. The van der Waals surface area contributed by atoms with Crippen molar-refractivity contribution >= 4 is 11.4 Å². The monoisotopic (exact) mass is 296 g/mol. The van der Waals surface area contributed by atoms with Gasteiger partial charge in [-0.05, 0) is 13.8 Å². The van der Waals surface area contributed by atoms with Crippen LogP contribution in [0.1, 0.15) is 25.5 Å². The fourth-order valence-electron chi connectivity index (χ4n) is 1.92. The third kappa shape index (κ3) is 3.15. The van der Waals surface area contributed by atoms with Crippen molar-refractivity contribution < 1.29 is 13.7 Å². The Kier molecular flexibility index (Phi) is 4.15. The van der Waals surface area contributed by atoms with Crippen LogP contribution >= 0.6 is 0 Å². The molecule has 0 aliphatic rings. The van der Waals surface area contributed by atoms with Gasteiger partial charge >= 0.3 is 0 Å². The van der Waals surface area contributed by atoms with Gasteiger partial charge in [-0.25, -0.2) is 8.78 Å². The lowest BCUT2D eigenvalue weighted by Crippen LogP contribution is -2.10. The molecule has 0 amide bonds. The summed E-state index contributed by atoms with van der Waals surface area (Å²) in [6.45, 7) is 4.31. The van der Waals surface area contributed by atoms with Gasteiger partial charge < -0.3 is 5.32 Å². The number of rotatable bonds is 5. The number of anilines is 1. The molecule has 1 heterocycles. The van der Waals surface area contributed by atoms with Crippen LogP contribution in [0.15, 0.2) is 24.5 Å². The first-order chi connectivity index (χ1) is 9.92. The Morgan fingerprint density at radius 3 is 2.76 bits per heavy atom. The summed E-state index contributed by atoms with van der Waals surface area (Å²) in [5.74, 6) is -1.99. The fourth-order valence-corrected chi connectivity index (χ4v) is 1.92. The minimum Gasteiger partial charge on any atom is -0.370 e. The van der Waals surface area contributed by atoms with Gasteiger partial charge in [0.15, 0.2) is 5.82 Å². The van der Waals surface area contributed by atoms with Crippen LogP contribution in [0, 0.1) is 21.7 Å². The summed E-state index contributed by atoms with van der Waals surface area (Å²) in [5, 5.41) is 17.7. The molecule has 0 saturated carbocycles. The molecule has 1 aromatic heterocycles. The van der Waals surface area contributed by atoms with Crippen LogP contribution in [0.25, 0.3) is 0 Å². The normalized spacial score (nSPS) is 12.2. The maximum atomic E-state index is 13.8. The van der Waals surface area contributed by atoms with Gasteiger partial charge in [-0.15, -0.1) is 0 Å².